The average molecular weight is 225 g/mol. The van der Waals surface area contributed by atoms with E-state index < -0.39 is 23.0 Å². The SMILES string of the molecule is COC(=O)C1(c2cc(N)c(O)c(F)c2)CC1. The Morgan fingerprint density at radius 1 is 1.56 bits per heavy atom. The monoisotopic (exact) mass is 225 g/mol. The van der Waals surface area contributed by atoms with Gasteiger partial charge in [0.05, 0.1) is 18.2 Å². The molecule has 0 spiro atoms. The van der Waals surface area contributed by atoms with E-state index in [-0.39, 0.29) is 5.69 Å². The lowest BCUT2D eigenvalue weighted by Crippen LogP contribution is -2.22. The number of methoxy groups -OCH3 is 1. The highest BCUT2D eigenvalue weighted by Gasteiger charge is 2.53. The standard InChI is InChI=1S/C11H12FNO3/c1-16-10(15)11(2-3-11)6-4-7(12)9(14)8(13)5-6/h4-5,14H,2-3,13H2,1H3. The zero-order chi connectivity index (χ0) is 11.9. The van der Waals surface area contributed by atoms with Crippen LogP contribution < -0.4 is 5.73 Å². The van der Waals surface area contributed by atoms with Gasteiger partial charge in [-0.15, -0.1) is 0 Å². The van der Waals surface area contributed by atoms with Crippen molar-refractivity contribution in [3.63, 3.8) is 0 Å². The second-order valence-electron chi connectivity index (χ2n) is 3.97. The number of carbonyl (C=O) groups is 1. The van der Waals surface area contributed by atoms with Gasteiger partial charge >= 0.3 is 5.97 Å². The summed E-state index contributed by atoms with van der Waals surface area (Å²) < 4.78 is 18.0. The molecular formula is C11H12FNO3. The molecule has 1 saturated carbocycles. The van der Waals surface area contributed by atoms with E-state index in [1.165, 1.54) is 13.2 Å². The lowest BCUT2D eigenvalue weighted by atomic mass is 9.95. The molecule has 1 aromatic carbocycles. The molecule has 1 aromatic rings. The van der Waals surface area contributed by atoms with Gasteiger partial charge < -0.3 is 15.6 Å². The Morgan fingerprint density at radius 2 is 2.19 bits per heavy atom. The van der Waals surface area contributed by atoms with Crippen LogP contribution in [0.5, 0.6) is 5.75 Å². The van der Waals surface area contributed by atoms with Crippen molar-refractivity contribution in [2.45, 2.75) is 18.3 Å². The molecule has 1 aliphatic rings. The molecule has 0 unspecified atom stereocenters. The predicted molar refractivity (Wildman–Crippen MR) is 55.4 cm³/mol. The van der Waals surface area contributed by atoms with Crippen LogP contribution in [0.4, 0.5) is 10.1 Å². The van der Waals surface area contributed by atoms with E-state index in [2.05, 4.69) is 4.74 Å². The maximum atomic E-state index is 13.3. The fourth-order valence-corrected chi connectivity index (χ4v) is 1.83. The lowest BCUT2D eigenvalue weighted by molar-refractivity contribution is -0.143. The quantitative estimate of drug-likeness (QED) is 0.452. The maximum absolute atomic E-state index is 13.3. The largest absolute Gasteiger partial charge is 0.503 e. The van der Waals surface area contributed by atoms with Crippen molar-refractivity contribution in [2.24, 2.45) is 0 Å². The Morgan fingerprint density at radius 3 is 2.62 bits per heavy atom. The highest BCUT2D eigenvalue weighted by Crippen LogP contribution is 2.50. The Labute approximate surface area is 91.8 Å². The molecule has 16 heavy (non-hydrogen) atoms. The molecule has 4 nitrogen and oxygen atoms in total. The molecule has 0 amide bonds. The number of esters is 1. The molecule has 0 radical (unpaired) electrons. The Kier molecular flexibility index (Phi) is 2.26. The number of carbonyl (C=O) groups excluding carboxylic acids is 1. The molecule has 0 heterocycles. The van der Waals surface area contributed by atoms with Crippen molar-refractivity contribution in [1.82, 2.24) is 0 Å². The third-order valence-electron chi connectivity index (χ3n) is 2.97. The summed E-state index contributed by atoms with van der Waals surface area (Å²) in [5, 5.41) is 9.20. The number of nitrogen functional groups attached to an aromatic ring is 1. The Hall–Kier alpha value is -1.78. The number of phenolic OH excluding ortho intramolecular Hbond substituents is 1. The van der Waals surface area contributed by atoms with E-state index in [0.717, 1.165) is 6.07 Å². The third-order valence-corrected chi connectivity index (χ3v) is 2.97. The number of phenols is 1. The van der Waals surface area contributed by atoms with E-state index >= 15 is 0 Å². The molecule has 0 aromatic heterocycles. The molecule has 0 aliphatic heterocycles. The molecule has 0 bridgehead atoms. The summed E-state index contributed by atoms with van der Waals surface area (Å²) in [7, 11) is 1.29. The van der Waals surface area contributed by atoms with E-state index in [9.17, 15) is 14.3 Å². The van der Waals surface area contributed by atoms with Gasteiger partial charge in [-0.3, -0.25) is 4.79 Å². The van der Waals surface area contributed by atoms with Crippen LogP contribution in [0.3, 0.4) is 0 Å². The lowest BCUT2D eigenvalue weighted by Gasteiger charge is -2.14. The minimum absolute atomic E-state index is 0.0646. The summed E-state index contributed by atoms with van der Waals surface area (Å²) in [6.07, 6.45) is 1.23. The zero-order valence-corrected chi connectivity index (χ0v) is 8.79. The van der Waals surface area contributed by atoms with Crippen molar-refractivity contribution in [3.05, 3.63) is 23.5 Å². The Bertz CT molecular complexity index is 432. The summed E-state index contributed by atoms with van der Waals surface area (Å²) in [6, 6.07) is 2.55. The van der Waals surface area contributed by atoms with Crippen molar-refractivity contribution < 1.29 is 19.0 Å². The van der Waals surface area contributed by atoms with Gasteiger partial charge in [0.1, 0.15) is 0 Å². The minimum Gasteiger partial charge on any atom is -0.503 e. The van der Waals surface area contributed by atoms with Crippen LogP contribution in [-0.4, -0.2) is 18.2 Å². The first-order valence-electron chi connectivity index (χ1n) is 4.88. The molecule has 2 rings (SSSR count). The van der Waals surface area contributed by atoms with Gasteiger partial charge in [-0.1, -0.05) is 0 Å². The third kappa shape index (κ3) is 1.39. The van der Waals surface area contributed by atoms with Crippen molar-refractivity contribution >= 4 is 11.7 Å². The fraction of sp³-hybridized carbons (Fsp3) is 0.364. The summed E-state index contributed by atoms with van der Waals surface area (Å²) in [4.78, 5) is 11.6. The highest BCUT2D eigenvalue weighted by atomic mass is 19.1. The number of anilines is 1. The number of benzene rings is 1. The zero-order valence-electron chi connectivity index (χ0n) is 8.79. The number of hydrogen-bond donors (Lipinski definition) is 2. The summed E-state index contributed by atoms with van der Waals surface area (Å²) in [5.74, 6) is -1.79. The van der Waals surface area contributed by atoms with Crippen molar-refractivity contribution in [3.8, 4) is 5.75 Å². The van der Waals surface area contributed by atoms with E-state index in [1.54, 1.807) is 0 Å². The summed E-state index contributed by atoms with van der Waals surface area (Å²) in [6.45, 7) is 0. The first-order valence-corrected chi connectivity index (χ1v) is 4.88. The second-order valence-corrected chi connectivity index (χ2v) is 3.97. The molecule has 5 heteroatoms. The summed E-state index contributed by atoms with van der Waals surface area (Å²) >= 11 is 0. The first kappa shape index (κ1) is 10.7. The minimum atomic E-state index is -0.815. The van der Waals surface area contributed by atoms with Gasteiger partial charge in [0.25, 0.3) is 0 Å². The average Bonchev–Trinajstić information content (AvgIpc) is 3.05. The number of aromatic hydroxyl groups is 1. The van der Waals surface area contributed by atoms with Crippen LogP contribution in [0, 0.1) is 5.82 Å². The van der Waals surface area contributed by atoms with Gasteiger partial charge in [-0.05, 0) is 30.5 Å². The van der Waals surface area contributed by atoms with E-state index in [0.29, 0.717) is 18.4 Å². The van der Waals surface area contributed by atoms with Crippen LogP contribution in [-0.2, 0) is 14.9 Å². The van der Waals surface area contributed by atoms with Crippen LogP contribution in [0.1, 0.15) is 18.4 Å². The second kappa shape index (κ2) is 3.37. The number of nitrogens with two attached hydrogens (primary N) is 1. The van der Waals surface area contributed by atoms with Crippen LogP contribution >= 0.6 is 0 Å². The van der Waals surface area contributed by atoms with Crippen molar-refractivity contribution in [1.29, 1.82) is 0 Å². The van der Waals surface area contributed by atoms with Gasteiger partial charge in [0.2, 0.25) is 0 Å². The summed E-state index contributed by atoms with van der Waals surface area (Å²) in [5.41, 5.74) is 5.08. The van der Waals surface area contributed by atoms with Crippen LogP contribution in [0.2, 0.25) is 0 Å². The van der Waals surface area contributed by atoms with Crippen LogP contribution in [0.25, 0.3) is 0 Å². The maximum Gasteiger partial charge on any atom is 0.316 e. The fourth-order valence-electron chi connectivity index (χ4n) is 1.83. The molecule has 86 valence electrons. The van der Waals surface area contributed by atoms with E-state index in [1.807, 2.05) is 0 Å². The number of halogens is 1. The molecule has 1 aliphatic carbocycles. The Balaban J connectivity index is 2.46. The van der Waals surface area contributed by atoms with E-state index in [4.69, 9.17) is 5.73 Å². The molecule has 1 fully saturated rings. The van der Waals surface area contributed by atoms with Gasteiger partial charge in [0.15, 0.2) is 11.6 Å². The number of hydrogen-bond acceptors (Lipinski definition) is 4. The first-order chi connectivity index (χ1) is 7.51. The molecule has 0 atom stereocenters. The molecule has 3 N–H and O–H groups in total. The van der Waals surface area contributed by atoms with Gasteiger partial charge in [0, 0.05) is 0 Å². The molecular weight excluding hydrogens is 213 g/mol. The molecule has 0 saturated heterocycles. The van der Waals surface area contributed by atoms with Gasteiger partial charge in [-0.25, -0.2) is 4.39 Å². The van der Waals surface area contributed by atoms with Crippen molar-refractivity contribution in [2.75, 3.05) is 12.8 Å². The smallest absolute Gasteiger partial charge is 0.316 e. The topological polar surface area (TPSA) is 72.5 Å². The van der Waals surface area contributed by atoms with Gasteiger partial charge in [-0.2, -0.15) is 0 Å². The number of ether oxygens (including phenoxy) is 1. The normalized spacial score (nSPS) is 16.9. The highest BCUT2D eigenvalue weighted by molar-refractivity contribution is 5.87. The van der Waals surface area contributed by atoms with Crippen LogP contribution in [0.15, 0.2) is 12.1 Å². The predicted octanol–water partition coefficient (Wildman–Crippen LogP) is 1.32. The number of rotatable bonds is 2.